The number of rotatable bonds is 5. The first-order valence-electron chi connectivity index (χ1n) is 6.50. The van der Waals surface area contributed by atoms with E-state index in [1.54, 1.807) is 7.11 Å². The van der Waals surface area contributed by atoms with Crippen LogP contribution in [0.1, 0.15) is 18.1 Å². The predicted octanol–water partition coefficient (Wildman–Crippen LogP) is 0.701. The Morgan fingerprint density at radius 1 is 0.947 bits per heavy atom. The van der Waals surface area contributed by atoms with E-state index in [1.165, 1.54) is 18.3 Å². The van der Waals surface area contributed by atoms with Crippen LogP contribution >= 0.6 is 0 Å². The molecule has 2 heteroatoms. The van der Waals surface area contributed by atoms with Gasteiger partial charge in [0.1, 0.15) is 0 Å². The van der Waals surface area contributed by atoms with E-state index < -0.39 is 0 Å². The molecule has 0 aliphatic heterocycles. The van der Waals surface area contributed by atoms with Gasteiger partial charge in [-0.1, -0.05) is 29.8 Å². The van der Waals surface area contributed by atoms with Gasteiger partial charge in [0.2, 0.25) is 0 Å². The molecule has 2 rings (SSSR count). The second-order valence-corrected chi connectivity index (χ2v) is 7.80. The predicted molar refractivity (Wildman–Crippen MR) is 75.2 cm³/mol. The standard InChI is InChI=1S/C17H20IO/c1-13-4-8-16(9-5-13)18-17-10-6-15(7-11-17)12-14(2)19-3/h4-11,14H,12H2,1-3H3/q+1. The number of aryl methyl sites for hydroxylation is 1. The van der Waals surface area contributed by atoms with Crippen LogP contribution in [0.2, 0.25) is 0 Å². The Bertz CT molecular complexity index is 502. The first-order chi connectivity index (χ1) is 9.17. The third-order valence-electron chi connectivity index (χ3n) is 3.07. The molecular formula is C17H20IO+. The fourth-order valence-electron chi connectivity index (χ4n) is 1.82. The smallest absolute Gasteiger partial charge is 0.357 e. The van der Waals surface area contributed by atoms with Gasteiger partial charge in [0.15, 0.2) is 7.14 Å². The summed E-state index contributed by atoms with van der Waals surface area (Å²) in [5, 5.41) is 0. The Hall–Kier alpha value is -0.870. The van der Waals surface area contributed by atoms with Crippen LogP contribution in [-0.2, 0) is 11.2 Å². The third-order valence-corrected chi connectivity index (χ3v) is 5.75. The molecule has 1 atom stereocenters. The number of halogens is 1. The molecule has 0 aliphatic rings. The molecular weight excluding hydrogens is 347 g/mol. The van der Waals surface area contributed by atoms with Crippen LogP contribution in [-0.4, -0.2) is 13.2 Å². The van der Waals surface area contributed by atoms with Crippen molar-refractivity contribution in [1.82, 2.24) is 0 Å². The third kappa shape index (κ3) is 4.62. The van der Waals surface area contributed by atoms with Gasteiger partial charge in [0.05, 0.1) is 6.10 Å². The average Bonchev–Trinajstić information content (AvgIpc) is 2.43. The van der Waals surface area contributed by atoms with Crippen LogP contribution < -0.4 is 21.2 Å². The van der Waals surface area contributed by atoms with Crippen molar-refractivity contribution in [2.24, 2.45) is 0 Å². The van der Waals surface area contributed by atoms with Gasteiger partial charge >= 0.3 is 21.2 Å². The Labute approximate surface area is 126 Å². The van der Waals surface area contributed by atoms with Crippen molar-refractivity contribution in [3.05, 3.63) is 66.8 Å². The summed E-state index contributed by atoms with van der Waals surface area (Å²) in [6.45, 7) is 4.24. The van der Waals surface area contributed by atoms with E-state index in [1.807, 2.05) is 0 Å². The van der Waals surface area contributed by atoms with Gasteiger partial charge in [-0.2, -0.15) is 0 Å². The molecule has 2 aromatic rings. The molecule has 0 saturated carbocycles. The van der Waals surface area contributed by atoms with E-state index in [-0.39, 0.29) is 27.3 Å². The second-order valence-electron chi connectivity index (χ2n) is 4.77. The van der Waals surface area contributed by atoms with Crippen LogP contribution in [0.3, 0.4) is 0 Å². The molecule has 1 nitrogen and oxygen atoms in total. The van der Waals surface area contributed by atoms with Crippen LogP contribution in [0.4, 0.5) is 0 Å². The summed E-state index contributed by atoms with van der Waals surface area (Å²) in [5.74, 6) is 0. The highest BCUT2D eigenvalue weighted by atomic mass is 127. The zero-order chi connectivity index (χ0) is 13.7. The maximum atomic E-state index is 5.30. The summed E-state index contributed by atoms with van der Waals surface area (Å²) in [6.07, 6.45) is 1.28. The van der Waals surface area contributed by atoms with Crippen LogP contribution in [0.5, 0.6) is 0 Å². The zero-order valence-corrected chi connectivity index (χ0v) is 13.8. The number of ether oxygens (including phenoxy) is 1. The SMILES string of the molecule is COC(C)Cc1ccc([I+]c2ccc(C)cc2)cc1. The van der Waals surface area contributed by atoms with Gasteiger partial charge in [-0.3, -0.25) is 0 Å². The zero-order valence-electron chi connectivity index (χ0n) is 11.7. The minimum Gasteiger partial charge on any atom is -0.381 e. The van der Waals surface area contributed by atoms with E-state index in [0.29, 0.717) is 0 Å². The first-order valence-corrected chi connectivity index (χ1v) is 8.66. The molecule has 0 heterocycles. The van der Waals surface area contributed by atoms with Crippen LogP contribution in [0.25, 0.3) is 0 Å². The van der Waals surface area contributed by atoms with Crippen molar-refractivity contribution < 1.29 is 25.9 Å². The summed E-state index contributed by atoms with van der Waals surface area (Å²) in [7, 11) is 1.77. The maximum Gasteiger partial charge on any atom is 0.357 e. The highest BCUT2D eigenvalue weighted by Gasteiger charge is 2.14. The number of methoxy groups -OCH3 is 1. The van der Waals surface area contributed by atoms with E-state index in [2.05, 4.69) is 62.4 Å². The molecule has 0 radical (unpaired) electrons. The van der Waals surface area contributed by atoms with Crippen LogP contribution in [0.15, 0.2) is 48.5 Å². The van der Waals surface area contributed by atoms with Gasteiger partial charge in [-0.25, -0.2) is 0 Å². The van der Waals surface area contributed by atoms with Crippen molar-refractivity contribution in [3.8, 4) is 0 Å². The topological polar surface area (TPSA) is 9.23 Å². The van der Waals surface area contributed by atoms with Crippen molar-refractivity contribution in [1.29, 1.82) is 0 Å². The Morgan fingerprint density at radius 3 is 2.00 bits per heavy atom. The number of benzene rings is 2. The first kappa shape index (κ1) is 14.5. The van der Waals surface area contributed by atoms with Gasteiger partial charge in [0, 0.05) is 7.11 Å². The summed E-state index contributed by atoms with van der Waals surface area (Å²) in [4.78, 5) is 0. The second kappa shape index (κ2) is 7.06. The number of hydrogen-bond donors (Lipinski definition) is 0. The molecule has 0 amide bonds. The highest BCUT2D eigenvalue weighted by molar-refractivity contribution is 5.16. The summed E-state index contributed by atoms with van der Waals surface area (Å²) in [6, 6.07) is 17.9. The van der Waals surface area contributed by atoms with E-state index >= 15 is 0 Å². The lowest BCUT2D eigenvalue weighted by atomic mass is 10.1. The van der Waals surface area contributed by atoms with Crippen molar-refractivity contribution >= 4 is 0 Å². The van der Waals surface area contributed by atoms with E-state index in [0.717, 1.165) is 6.42 Å². The lowest BCUT2D eigenvalue weighted by Gasteiger charge is -2.08. The quantitative estimate of drug-likeness (QED) is 0.708. The largest absolute Gasteiger partial charge is 0.381 e. The summed E-state index contributed by atoms with van der Waals surface area (Å²) < 4.78 is 8.24. The van der Waals surface area contributed by atoms with Crippen LogP contribution in [0, 0.1) is 14.1 Å². The molecule has 19 heavy (non-hydrogen) atoms. The fraction of sp³-hybridized carbons (Fsp3) is 0.294. The molecule has 0 bridgehead atoms. The number of hydrogen-bond acceptors (Lipinski definition) is 1. The maximum absolute atomic E-state index is 5.30. The Balaban J connectivity index is 2.00. The molecule has 0 aromatic heterocycles. The Kier molecular flexibility index (Phi) is 5.40. The van der Waals surface area contributed by atoms with Gasteiger partial charge < -0.3 is 4.74 Å². The highest BCUT2D eigenvalue weighted by Crippen LogP contribution is 2.04. The van der Waals surface area contributed by atoms with E-state index in [9.17, 15) is 0 Å². The fourth-order valence-corrected chi connectivity index (χ4v) is 3.98. The normalized spacial score (nSPS) is 12.4. The summed E-state index contributed by atoms with van der Waals surface area (Å²) >= 11 is -0.0530. The van der Waals surface area contributed by atoms with Gasteiger partial charge in [-0.05, 0) is 50.1 Å². The van der Waals surface area contributed by atoms with Gasteiger partial charge in [-0.15, -0.1) is 0 Å². The van der Waals surface area contributed by atoms with Crippen molar-refractivity contribution in [2.45, 2.75) is 26.4 Å². The molecule has 0 N–H and O–H groups in total. The molecule has 1 unspecified atom stereocenters. The van der Waals surface area contributed by atoms with Crippen molar-refractivity contribution in [3.63, 3.8) is 0 Å². The molecule has 0 spiro atoms. The average molecular weight is 367 g/mol. The molecule has 100 valence electrons. The Morgan fingerprint density at radius 2 is 1.47 bits per heavy atom. The lowest BCUT2D eigenvalue weighted by molar-refractivity contribution is -0.597. The minimum atomic E-state index is -0.0530. The molecule has 0 saturated heterocycles. The molecule has 0 aliphatic carbocycles. The lowest BCUT2D eigenvalue weighted by Crippen LogP contribution is -3.61. The van der Waals surface area contributed by atoms with Crippen molar-refractivity contribution in [2.75, 3.05) is 7.11 Å². The monoisotopic (exact) mass is 367 g/mol. The molecule has 0 fully saturated rings. The summed E-state index contributed by atoms with van der Waals surface area (Å²) in [5.41, 5.74) is 2.68. The van der Waals surface area contributed by atoms with Gasteiger partial charge in [0.25, 0.3) is 0 Å². The molecule has 2 aromatic carbocycles. The van der Waals surface area contributed by atoms with E-state index in [4.69, 9.17) is 4.74 Å². The minimum absolute atomic E-state index is 0.0530.